The van der Waals surface area contributed by atoms with Gasteiger partial charge in [0.2, 0.25) is 0 Å². The summed E-state index contributed by atoms with van der Waals surface area (Å²) >= 11 is 0. The minimum atomic E-state index is 0.164. The summed E-state index contributed by atoms with van der Waals surface area (Å²) in [6.45, 7) is 8.99. The summed E-state index contributed by atoms with van der Waals surface area (Å²) in [7, 11) is 0. The Kier molecular flexibility index (Phi) is 8.31. The van der Waals surface area contributed by atoms with E-state index < -0.39 is 0 Å². The molecule has 0 bridgehead atoms. The predicted molar refractivity (Wildman–Crippen MR) is 87.7 cm³/mol. The first-order valence-corrected chi connectivity index (χ1v) is 8.69. The molecular formula is C19H34O. The molecule has 0 N–H and O–H groups in total. The van der Waals surface area contributed by atoms with Gasteiger partial charge in [0.1, 0.15) is 0 Å². The number of ether oxygens (including phenoxy) is 1. The highest BCUT2D eigenvalue weighted by Crippen LogP contribution is 2.39. The quantitative estimate of drug-likeness (QED) is 0.283. The van der Waals surface area contributed by atoms with Gasteiger partial charge in [0, 0.05) is 12.8 Å². The van der Waals surface area contributed by atoms with Crippen LogP contribution in [0, 0.1) is 17.8 Å². The van der Waals surface area contributed by atoms with Crippen molar-refractivity contribution in [2.24, 2.45) is 5.92 Å². The van der Waals surface area contributed by atoms with Gasteiger partial charge in [-0.2, -0.15) is 0 Å². The fraction of sp³-hybridized carbons (Fsp3) is 0.895. The SMILES string of the molecule is CCCCCCCC#CCC[C@H](C)CCC1OC1(C)C. The van der Waals surface area contributed by atoms with Crippen LogP contribution in [-0.2, 0) is 4.74 Å². The summed E-state index contributed by atoms with van der Waals surface area (Å²) in [5, 5.41) is 0. The van der Waals surface area contributed by atoms with Crippen molar-refractivity contribution in [1.82, 2.24) is 0 Å². The van der Waals surface area contributed by atoms with Crippen LogP contribution < -0.4 is 0 Å². The summed E-state index contributed by atoms with van der Waals surface area (Å²) in [6.07, 6.45) is 13.2. The lowest BCUT2D eigenvalue weighted by molar-refractivity contribution is 0.313. The standard InChI is InChI=1S/C19H34O/c1-5-6-7-8-9-10-11-12-13-14-17(2)15-16-18-19(3,4)20-18/h17-18H,5-10,13-16H2,1-4H3/t17-,18?/m0/s1. The fourth-order valence-electron chi connectivity index (χ4n) is 2.63. The first kappa shape index (κ1) is 17.6. The summed E-state index contributed by atoms with van der Waals surface area (Å²) in [4.78, 5) is 0. The van der Waals surface area contributed by atoms with Crippen molar-refractivity contribution < 1.29 is 4.74 Å². The normalized spacial score (nSPS) is 21.1. The van der Waals surface area contributed by atoms with E-state index in [9.17, 15) is 0 Å². The Morgan fingerprint density at radius 1 is 1.00 bits per heavy atom. The maximum absolute atomic E-state index is 5.62. The number of hydrogen-bond donors (Lipinski definition) is 0. The monoisotopic (exact) mass is 278 g/mol. The van der Waals surface area contributed by atoms with Crippen LogP contribution >= 0.6 is 0 Å². The Morgan fingerprint density at radius 2 is 1.65 bits per heavy atom. The van der Waals surface area contributed by atoms with Crippen LogP contribution in [0.2, 0.25) is 0 Å². The van der Waals surface area contributed by atoms with Crippen molar-refractivity contribution in [2.75, 3.05) is 0 Å². The van der Waals surface area contributed by atoms with Crippen LogP contribution in [0.15, 0.2) is 0 Å². The smallest absolute Gasteiger partial charge is 0.0892 e. The van der Waals surface area contributed by atoms with E-state index in [-0.39, 0.29) is 5.60 Å². The van der Waals surface area contributed by atoms with Gasteiger partial charge in [0.05, 0.1) is 11.7 Å². The molecule has 1 aliphatic heterocycles. The van der Waals surface area contributed by atoms with Crippen LogP contribution in [0.5, 0.6) is 0 Å². The maximum Gasteiger partial charge on any atom is 0.0892 e. The number of hydrogen-bond acceptors (Lipinski definition) is 1. The average Bonchev–Trinajstić information content (AvgIpc) is 3.02. The number of unbranched alkanes of at least 4 members (excludes halogenated alkanes) is 5. The van der Waals surface area contributed by atoms with Crippen molar-refractivity contribution in [2.45, 2.75) is 104 Å². The third-order valence-corrected chi connectivity index (χ3v) is 4.38. The summed E-state index contributed by atoms with van der Waals surface area (Å²) in [6, 6.07) is 0. The molecule has 0 spiro atoms. The van der Waals surface area contributed by atoms with Gasteiger partial charge in [-0.25, -0.2) is 0 Å². The molecule has 0 aromatic rings. The molecule has 1 nitrogen and oxygen atoms in total. The van der Waals surface area contributed by atoms with Crippen LogP contribution in [0.3, 0.4) is 0 Å². The molecule has 1 unspecified atom stereocenters. The van der Waals surface area contributed by atoms with E-state index in [0.29, 0.717) is 6.10 Å². The molecule has 116 valence electrons. The van der Waals surface area contributed by atoms with Crippen molar-refractivity contribution in [3.8, 4) is 11.8 Å². The molecule has 20 heavy (non-hydrogen) atoms. The van der Waals surface area contributed by atoms with E-state index in [1.165, 1.54) is 51.4 Å². The fourth-order valence-corrected chi connectivity index (χ4v) is 2.63. The Hall–Kier alpha value is -0.480. The lowest BCUT2D eigenvalue weighted by Crippen LogP contribution is -2.05. The first-order valence-electron chi connectivity index (χ1n) is 8.69. The Morgan fingerprint density at radius 3 is 2.30 bits per heavy atom. The molecule has 0 saturated carbocycles. The van der Waals surface area contributed by atoms with Gasteiger partial charge in [0.25, 0.3) is 0 Å². The van der Waals surface area contributed by atoms with Crippen LogP contribution in [-0.4, -0.2) is 11.7 Å². The van der Waals surface area contributed by atoms with Gasteiger partial charge in [0.15, 0.2) is 0 Å². The molecule has 1 heteroatoms. The van der Waals surface area contributed by atoms with Crippen molar-refractivity contribution in [3.63, 3.8) is 0 Å². The van der Waals surface area contributed by atoms with Gasteiger partial charge in [-0.05, 0) is 45.4 Å². The minimum Gasteiger partial charge on any atom is -0.367 e. The van der Waals surface area contributed by atoms with Crippen LogP contribution in [0.1, 0.15) is 91.9 Å². The molecule has 1 fully saturated rings. The Balaban J connectivity index is 1.90. The van der Waals surface area contributed by atoms with E-state index in [1.807, 2.05) is 0 Å². The molecule has 0 radical (unpaired) electrons. The average molecular weight is 278 g/mol. The van der Waals surface area contributed by atoms with Crippen LogP contribution in [0.25, 0.3) is 0 Å². The molecule has 2 atom stereocenters. The minimum absolute atomic E-state index is 0.164. The van der Waals surface area contributed by atoms with Gasteiger partial charge >= 0.3 is 0 Å². The molecule has 0 aliphatic carbocycles. The van der Waals surface area contributed by atoms with Gasteiger partial charge in [-0.15, -0.1) is 11.8 Å². The van der Waals surface area contributed by atoms with Crippen molar-refractivity contribution >= 4 is 0 Å². The molecule has 0 aromatic carbocycles. The largest absolute Gasteiger partial charge is 0.367 e. The highest BCUT2D eigenvalue weighted by atomic mass is 16.6. The second kappa shape index (κ2) is 9.46. The van der Waals surface area contributed by atoms with Gasteiger partial charge < -0.3 is 4.74 Å². The van der Waals surface area contributed by atoms with E-state index >= 15 is 0 Å². The van der Waals surface area contributed by atoms with Crippen LogP contribution in [0.4, 0.5) is 0 Å². The summed E-state index contributed by atoms with van der Waals surface area (Å²) < 4.78 is 5.62. The van der Waals surface area contributed by atoms with E-state index in [1.54, 1.807) is 0 Å². The molecular weight excluding hydrogens is 244 g/mol. The second-order valence-electron chi connectivity index (χ2n) is 6.95. The second-order valence-corrected chi connectivity index (χ2v) is 6.95. The summed E-state index contributed by atoms with van der Waals surface area (Å²) in [5.41, 5.74) is 0.164. The summed E-state index contributed by atoms with van der Waals surface area (Å²) in [5.74, 6) is 7.46. The van der Waals surface area contributed by atoms with Gasteiger partial charge in [-0.3, -0.25) is 0 Å². The molecule has 1 saturated heterocycles. The molecule has 0 aromatic heterocycles. The molecule has 1 heterocycles. The highest BCUT2D eigenvalue weighted by molar-refractivity contribution is 4.99. The van der Waals surface area contributed by atoms with E-state index in [0.717, 1.165) is 18.8 Å². The van der Waals surface area contributed by atoms with Gasteiger partial charge in [-0.1, -0.05) is 39.5 Å². The van der Waals surface area contributed by atoms with Crippen molar-refractivity contribution in [1.29, 1.82) is 0 Å². The zero-order valence-corrected chi connectivity index (χ0v) is 14.1. The Bertz CT molecular complexity index is 307. The zero-order chi connectivity index (χ0) is 14.8. The van der Waals surface area contributed by atoms with Crippen molar-refractivity contribution in [3.05, 3.63) is 0 Å². The zero-order valence-electron chi connectivity index (χ0n) is 14.1. The maximum atomic E-state index is 5.62. The molecule has 1 rings (SSSR count). The van der Waals surface area contributed by atoms with E-state index in [2.05, 4.69) is 39.5 Å². The third kappa shape index (κ3) is 7.95. The first-order chi connectivity index (χ1) is 9.56. The lowest BCUT2D eigenvalue weighted by atomic mass is 9.96. The van der Waals surface area contributed by atoms with E-state index in [4.69, 9.17) is 4.74 Å². The highest BCUT2D eigenvalue weighted by Gasteiger charge is 2.46. The number of epoxide rings is 1. The lowest BCUT2D eigenvalue weighted by Gasteiger charge is -2.07. The third-order valence-electron chi connectivity index (χ3n) is 4.38. The topological polar surface area (TPSA) is 12.5 Å². The predicted octanol–water partition coefficient (Wildman–Crippen LogP) is 5.72. The molecule has 1 aliphatic rings. The Labute approximate surface area is 126 Å². The molecule has 0 amide bonds. The number of rotatable bonds is 10.